The summed E-state index contributed by atoms with van der Waals surface area (Å²) in [6, 6.07) is 10.3. The van der Waals surface area contributed by atoms with Gasteiger partial charge in [0.05, 0.1) is 33.7 Å². The molecule has 4 rings (SSSR count). The number of amides is 1. The Kier molecular flexibility index (Phi) is 8.01. The number of hydrogen-bond donors (Lipinski definition) is 1. The van der Waals surface area contributed by atoms with Gasteiger partial charge in [-0.1, -0.05) is 48.7 Å². The van der Waals surface area contributed by atoms with Gasteiger partial charge in [0.15, 0.2) is 6.73 Å². The fourth-order valence-electron chi connectivity index (χ4n) is 3.80. The lowest BCUT2D eigenvalue weighted by Crippen LogP contribution is -2.35. The van der Waals surface area contributed by atoms with Crippen LogP contribution in [0.15, 0.2) is 53.7 Å². The van der Waals surface area contributed by atoms with E-state index in [-0.39, 0.29) is 27.2 Å². The van der Waals surface area contributed by atoms with Gasteiger partial charge >= 0.3 is 0 Å². The van der Waals surface area contributed by atoms with Gasteiger partial charge in [-0.15, -0.1) is 0 Å². The third-order valence-corrected chi connectivity index (χ3v) is 8.46. The maximum absolute atomic E-state index is 13.1. The van der Waals surface area contributed by atoms with Crippen molar-refractivity contribution in [3.63, 3.8) is 0 Å². The highest BCUT2D eigenvalue weighted by Gasteiger charge is 2.30. The zero-order valence-corrected chi connectivity index (χ0v) is 21.5. The molecule has 1 fully saturated rings. The van der Waals surface area contributed by atoms with E-state index in [0.717, 1.165) is 25.7 Å². The number of aryl methyl sites for hydroxylation is 1. The van der Waals surface area contributed by atoms with E-state index in [0.29, 0.717) is 24.5 Å². The maximum atomic E-state index is 13.1. The summed E-state index contributed by atoms with van der Waals surface area (Å²) in [4.78, 5) is 12.8. The number of aromatic nitrogens is 2. The Morgan fingerprint density at radius 1 is 1.09 bits per heavy atom. The molecule has 0 atom stereocenters. The zero-order chi connectivity index (χ0) is 25.0. The molecular weight excluding hydrogens is 511 g/mol. The summed E-state index contributed by atoms with van der Waals surface area (Å²) >= 11 is 12.5. The molecule has 35 heavy (non-hydrogen) atoms. The highest BCUT2D eigenvalue weighted by molar-refractivity contribution is 7.89. The fraction of sp³-hybridized carbons (Fsp3) is 0.333. The lowest BCUT2D eigenvalue weighted by molar-refractivity contribution is 0.102. The van der Waals surface area contributed by atoms with E-state index in [2.05, 4.69) is 17.3 Å². The number of anilines is 1. The molecule has 0 unspecified atom stereocenters. The minimum atomic E-state index is -3.84. The second kappa shape index (κ2) is 11.0. The average Bonchev–Trinajstić information content (AvgIpc) is 3.30. The SMILES string of the molecule is CCc1ccc(OCn2cc(NC(=O)c3cc(S(=O)(=O)N4CCCCC4)c(Cl)cc3Cl)cn2)cc1. The average molecular weight is 537 g/mol. The van der Waals surface area contributed by atoms with Crippen LogP contribution < -0.4 is 10.1 Å². The molecule has 0 aliphatic carbocycles. The molecule has 8 nitrogen and oxygen atoms in total. The van der Waals surface area contributed by atoms with Gasteiger partial charge < -0.3 is 10.1 Å². The summed E-state index contributed by atoms with van der Waals surface area (Å²) in [5, 5.41) is 6.92. The molecule has 3 aromatic rings. The van der Waals surface area contributed by atoms with E-state index in [4.69, 9.17) is 27.9 Å². The zero-order valence-electron chi connectivity index (χ0n) is 19.2. The molecule has 0 saturated carbocycles. The largest absolute Gasteiger partial charge is 0.471 e. The molecule has 1 N–H and O–H groups in total. The van der Waals surface area contributed by atoms with Crippen LogP contribution in [-0.4, -0.2) is 41.5 Å². The Morgan fingerprint density at radius 2 is 1.80 bits per heavy atom. The van der Waals surface area contributed by atoms with E-state index < -0.39 is 15.9 Å². The van der Waals surface area contributed by atoms with Crippen molar-refractivity contribution in [2.45, 2.75) is 44.2 Å². The predicted molar refractivity (Wildman–Crippen MR) is 136 cm³/mol. The molecule has 1 aliphatic heterocycles. The number of carbonyl (C=O) groups excluding carboxylic acids is 1. The van der Waals surface area contributed by atoms with Crippen molar-refractivity contribution in [2.75, 3.05) is 18.4 Å². The van der Waals surface area contributed by atoms with Gasteiger partial charge in [0.2, 0.25) is 10.0 Å². The number of nitrogens with one attached hydrogen (secondary N) is 1. The number of piperidine rings is 1. The molecule has 1 aromatic heterocycles. The molecule has 0 bridgehead atoms. The van der Waals surface area contributed by atoms with Crippen LogP contribution in [0.1, 0.15) is 42.1 Å². The van der Waals surface area contributed by atoms with Gasteiger partial charge in [-0.05, 0) is 49.1 Å². The first-order chi connectivity index (χ1) is 16.8. The highest BCUT2D eigenvalue weighted by Crippen LogP contribution is 2.32. The number of benzene rings is 2. The van der Waals surface area contributed by atoms with Crippen LogP contribution in [-0.2, 0) is 23.2 Å². The summed E-state index contributed by atoms with van der Waals surface area (Å²) in [6.07, 6.45) is 6.58. The molecule has 0 radical (unpaired) electrons. The number of halogens is 2. The quantitative estimate of drug-likeness (QED) is 0.426. The fourth-order valence-corrected chi connectivity index (χ4v) is 6.16. The van der Waals surface area contributed by atoms with Gasteiger partial charge in [-0.2, -0.15) is 9.40 Å². The lowest BCUT2D eigenvalue weighted by atomic mass is 10.2. The standard InChI is InChI=1S/C24H26Cl2N4O4S/c1-2-17-6-8-19(9-7-17)34-16-29-15-18(14-27-29)28-24(31)20-12-23(22(26)13-21(20)25)35(32,33)30-10-4-3-5-11-30/h6-9,12-15H,2-5,10-11,16H2,1H3,(H,28,31). The highest BCUT2D eigenvalue weighted by atomic mass is 35.5. The summed E-state index contributed by atoms with van der Waals surface area (Å²) in [7, 11) is -3.84. The summed E-state index contributed by atoms with van der Waals surface area (Å²) in [5.41, 5.74) is 1.63. The van der Waals surface area contributed by atoms with Crippen LogP contribution >= 0.6 is 23.2 Å². The molecule has 11 heteroatoms. The van der Waals surface area contributed by atoms with E-state index in [9.17, 15) is 13.2 Å². The Balaban J connectivity index is 1.46. The van der Waals surface area contributed by atoms with E-state index in [1.54, 1.807) is 6.20 Å². The Labute approximate surface area is 214 Å². The summed E-state index contributed by atoms with van der Waals surface area (Å²) in [6.45, 7) is 3.09. The third kappa shape index (κ3) is 5.98. The van der Waals surface area contributed by atoms with Gasteiger partial charge in [0.1, 0.15) is 10.6 Å². The van der Waals surface area contributed by atoms with Crippen LogP contribution in [0, 0.1) is 0 Å². The van der Waals surface area contributed by atoms with E-state index in [1.807, 2.05) is 24.3 Å². The number of sulfonamides is 1. The van der Waals surface area contributed by atoms with Crippen molar-refractivity contribution in [3.05, 3.63) is 70.0 Å². The molecular formula is C24H26Cl2N4O4S. The Bertz CT molecular complexity index is 1300. The van der Waals surface area contributed by atoms with Crippen molar-refractivity contribution in [1.82, 2.24) is 14.1 Å². The molecule has 1 amide bonds. The van der Waals surface area contributed by atoms with Crippen LogP contribution in [0.3, 0.4) is 0 Å². The predicted octanol–water partition coefficient (Wildman–Crippen LogP) is 5.22. The third-order valence-electron chi connectivity index (χ3n) is 5.79. The minimum Gasteiger partial charge on any atom is -0.471 e. The van der Waals surface area contributed by atoms with Gasteiger partial charge in [-0.25, -0.2) is 13.1 Å². The first kappa shape index (κ1) is 25.5. The normalized spacial score (nSPS) is 14.6. The van der Waals surface area contributed by atoms with Crippen LogP contribution in [0.25, 0.3) is 0 Å². The van der Waals surface area contributed by atoms with Crippen LogP contribution in [0.4, 0.5) is 5.69 Å². The molecule has 1 saturated heterocycles. The number of hydrogen-bond acceptors (Lipinski definition) is 5. The monoisotopic (exact) mass is 536 g/mol. The second-order valence-corrected chi connectivity index (χ2v) is 10.9. The Morgan fingerprint density at radius 3 is 2.49 bits per heavy atom. The number of ether oxygens (including phenoxy) is 1. The maximum Gasteiger partial charge on any atom is 0.257 e. The molecule has 1 aliphatic rings. The molecule has 0 spiro atoms. The van der Waals surface area contributed by atoms with Crippen molar-refractivity contribution < 1.29 is 17.9 Å². The Hall–Kier alpha value is -2.59. The topological polar surface area (TPSA) is 93.5 Å². The first-order valence-corrected chi connectivity index (χ1v) is 13.5. The number of nitrogens with zero attached hydrogens (tertiary/aromatic N) is 3. The van der Waals surface area contributed by atoms with Gasteiger partial charge in [0.25, 0.3) is 5.91 Å². The molecule has 186 valence electrons. The second-order valence-electron chi connectivity index (χ2n) is 8.22. The summed E-state index contributed by atoms with van der Waals surface area (Å²) < 4.78 is 34.9. The number of rotatable bonds is 8. The summed E-state index contributed by atoms with van der Waals surface area (Å²) in [5.74, 6) is 0.135. The van der Waals surface area contributed by atoms with E-state index in [1.165, 1.54) is 32.9 Å². The molecule has 2 heterocycles. The van der Waals surface area contributed by atoms with Crippen LogP contribution in [0.5, 0.6) is 5.75 Å². The van der Waals surface area contributed by atoms with Crippen molar-refractivity contribution in [3.8, 4) is 5.75 Å². The smallest absolute Gasteiger partial charge is 0.257 e. The number of carbonyl (C=O) groups is 1. The van der Waals surface area contributed by atoms with Gasteiger partial charge in [0, 0.05) is 13.1 Å². The van der Waals surface area contributed by atoms with E-state index >= 15 is 0 Å². The first-order valence-electron chi connectivity index (χ1n) is 11.3. The van der Waals surface area contributed by atoms with Gasteiger partial charge in [-0.3, -0.25) is 4.79 Å². The minimum absolute atomic E-state index is 0.00617. The lowest BCUT2D eigenvalue weighted by Gasteiger charge is -2.26. The van der Waals surface area contributed by atoms with Crippen molar-refractivity contribution in [1.29, 1.82) is 0 Å². The van der Waals surface area contributed by atoms with Crippen LogP contribution in [0.2, 0.25) is 10.0 Å². The van der Waals surface area contributed by atoms with Crippen molar-refractivity contribution >= 4 is 44.8 Å². The van der Waals surface area contributed by atoms with Crippen molar-refractivity contribution in [2.24, 2.45) is 0 Å². The molecule has 2 aromatic carbocycles.